The molecule has 1 amide bonds. The number of hydroxylamine groups is 2. The molecule has 0 aromatic heterocycles. The van der Waals surface area contributed by atoms with Gasteiger partial charge in [-0.3, -0.25) is 0 Å². The SMILES string of the molecule is CC(C)(C)OC(=O)N([O])C(c1ccccc1)c1ccccc1. The highest BCUT2D eigenvalue weighted by molar-refractivity contribution is 5.68. The van der Waals surface area contributed by atoms with E-state index in [2.05, 4.69) is 0 Å². The number of amides is 1. The lowest BCUT2D eigenvalue weighted by atomic mass is 9.99. The van der Waals surface area contributed by atoms with Crippen LogP contribution in [0.2, 0.25) is 0 Å². The van der Waals surface area contributed by atoms with Crippen LogP contribution in [0.1, 0.15) is 37.9 Å². The predicted molar refractivity (Wildman–Crippen MR) is 83.5 cm³/mol. The van der Waals surface area contributed by atoms with E-state index < -0.39 is 17.7 Å². The third-order valence-electron chi connectivity index (χ3n) is 3.04. The van der Waals surface area contributed by atoms with E-state index in [1.54, 1.807) is 20.8 Å². The monoisotopic (exact) mass is 298 g/mol. The van der Waals surface area contributed by atoms with Crippen LogP contribution < -0.4 is 0 Å². The summed E-state index contributed by atoms with van der Waals surface area (Å²) in [7, 11) is 0. The molecule has 0 saturated carbocycles. The molecular formula is C18H20NO3. The highest BCUT2D eigenvalue weighted by Crippen LogP contribution is 2.28. The molecule has 2 rings (SSSR count). The molecule has 0 fully saturated rings. The van der Waals surface area contributed by atoms with E-state index >= 15 is 0 Å². The van der Waals surface area contributed by atoms with Crippen LogP contribution in [0.15, 0.2) is 60.7 Å². The van der Waals surface area contributed by atoms with E-state index in [0.29, 0.717) is 5.06 Å². The number of nitrogens with zero attached hydrogens (tertiary/aromatic N) is 1. The Morgan fingerprint density at radius 3 is 1.68 bits per heavy atom. The number of benzene rings is 2. The van der Waals surface area contributed by atoms with E-state index in [0.717, 1.165) is 11.1 Å². The molecule has 4 heteroatoms. The maximum absolute atomic E-state index is 12.6. The maximum atomic E-state index is 12.6. The Labute approximate surface area is 130 Å². The molecule has 0 unspecified atom stereocenters. The highest BCUT2D eigenvalue weighted by Gasteiger charge is 2.30. The van der Waals surface area contributed by atoms with Gasteiger partial charge >= 0.3 is 6.09 Å². The van der Waals surface area contributed by atoms with E-state index in [1.807, 2.05) is 60.7 Å². The molecule has 0 bridgehead atoms. The zero-order chi connectivity index (χ0) is 16.2. The second-order valence-corrected chi connectivity index (χ2v) is 6.03. The summed E-state index contributed by atoms with van der Waals surface area (Å²) >= 11 is 0. The van der Waals surface area contributed by atoms with Gasteiger partial charge in [0.1, 0.15) is 11.6 Å². The van der Waals surface area contributed by atoms with Gasteiger partial charge in [0.2, 0.25) is 0 Å². The number of hydrogen-bond donors (Lipinski definition) is 0. The number of hydrogen-bond acceptors (Lipinski definition) is 2. The molecule has 0 atom stereocenters. The van der Waals surface area contributed by atoms with Crippen molar-refractivity contribution in [2.45, 2.75) is 32.4 Å². The molecule has 0 heterocycles. The molecule has 0 aliphatic heterocycles. The van der Waals surface area contributed by atoms with Gasteiger partial charge in [-0.2, -0.15) is 0 Å². The minimum Gasteiger partial charge on any atom is -0.442 e. The topological polar surface area (TPSA) is 49.4 Å². The quantitative estimate of drug-likeness (QED) is 0.790. The lowest BCUT2D eigenvalue weighted by Crippen LogP contribution is -2.36. The van der Waals surface area contributed by atoms with Crippen LogP contribution >= 0.6 is 0 Å². The first-order valence-corrected chi connectivity index (χ1v) is 7.18. The molecule has 0 spiro atoms. The first-order valence-electron chi connectivity index (χ1n) is 7.18. The summed E-state index contributed by atoms with van der Waals surface area (Å²) in [6.45, 7) is 5.20. The summed E-state index contributed by atoms with van der Waals surface area (Å²) in [6, 6.07) is 17.7. The van der Waals surface area contributed by atoms with Gasteiger partial charge in [0, 0.05) is 0 Å². The average molecular weight is 298 g/mol. The van der Waals surface area contributed by atoms with Crippen LogP contribution in [0, 0.1) is 0 Å². The van der Waals surface area contributed by atoms with Crippen LogP contribution in [0.3, 0.4) is 0 Å². The van der Waals surface area contributed by atoms with Crippen molar-refractivity contribution in [3.05, 3.63) is 71.8 Å². The van der Waals surface area contributed by atoms with Gasteiger partial charge in [-0.25, -0.2) is 4.79 Å². The number of carbonyl (C=O) groups is 1. The Bertz CT molecular complexity index is 566. The van der Waals surface area contributed by atoms with Crippen molar-refractivity contribution < 1.29 is 14.7 Å². The van der Waals surface area contributed by atoms with Crippen LogP contribution in [0.5, 0.6) is 0 Å². The standard InChI is InChI=1S/C18H20NO3/c1-18(2,3)22-17(20)19(21)16(14-10-6-4-7-11-14)15-12-8-5-9-13-15/h4-13,16H,1-3H3. The zero-order valence-electron chi connectivity index (χ0n) is 13.0. The summed E-state index contributed by atoms with van der Waals surface area (Å²) < 4.78 is 5.20. The van der Waals surface area contributed by atoms with Crippen molar-refractivity contribution in [3.63, 3.8) is 0 Å². The fraction of sp³-hybridized carbons (Fsp3) is 0.278. The molecule has 4 nitrogen and oxygen atoms in total. The first kappa shape index (κ1) is 16.0. The minimum atomic E-state index is -0.884. The Morgan fingerprint density at radius 1 is 0.909 bits per heavy atom. The number of ether oxygens (including phenoxy) is 1. The molecule has 0 N–H and O–H groups in total. The lowest BCUT2D eigenvalue weighted by molar-refractivity contribution is -0.163. The van der Waals surface area contributed by atoms with Gasteiger partial charge in [-0.05, 0) is 31.9 Å². The van der Waals surface area contributed by atoms with Crippen molar-refractivity contribution in [2.75, 3.05) is 0 Å². The molecule has 1 radical (unpaired) electrons. The Kier molecular flexibility index (Phi) is 4.83. The summed E-state index contributed by atoms with van der Waals surface area (Å²) in [4.78, 5) is 12.1. The van der Waals surface area contributed by atoms with Crippen molar-refractivity contribution in [2.24, 2.45) is 0 Å². The largest absolute Gasteiger partial charge is 0.442 e. The maximum Gasteiger partial charge on any atom is 0.437 e. The molecule has 115 valence electrons. The smallest absolute Gasteiger partial charge is 0.437 e. The molecule has 22 heavy (non-hydrogen) atoms. The molecule has 2 aromatic carbocycles. The van der Waals surface area contributed by atoms with Gasteiger partial charge in [-0.15, -0.1) is 5.06 Å². The van der Waals surface area contributed by atoms with Gasteiger partial charge in [0.25, 0.3) is 0 Å². The van der Waals surface area contributed by atoms with Crippen LogP contribution in [-0.2, 0) is 9.94 Å². The Morgan fingerprint density at radius 2 is 1.32 bits per heavy atom. The summed E-state index contributed by atoms with van der Waals surface area (Å²) in [5.41, 5.74) is 0.779. The third kappa shape index (κ3) is 4.09. The number of rotatable bonds is 3. The van der Waals surface area contributed by atoms with Crippen molar-refractivity contribution in [1.29, 1.82) is 0 Å². The van der Waals surface area contributed by atoms with Gasteiger partial charge in [0.05, 0.1) is 0 Å². The van der Waals surface area contributed by atoms with Crippen molar-refractivity contribution in [1.82, 2.24) is 5.06 Å². The second kappa shape index (κ2) is 6.62. The summed E-state index contributed by atoms with van der Waals surface area (Å²) in [5, 5.41) is 13.0. The Hall–Kier alpha value is -2.33. The molecule has 0 saturated heterocycles. The van der Waals surface area contributed by atoms with Crippen LogP contribution in [-0.4, -0.2) is 16.8 Å². The second-order valence-electron chi connectivity index (χ2n) is 6.03. The number of carbonyl (C=O) groups excluding carboxylic acids is 1. The molecular weight excluding hydrogens is 278 g/mol. The van der Waals surface area contributed by atoms with E-state index in [9.17, 15) is 10.0 Å². The van der Waals surface area contributed by atoms with Gasteiger partial charge < -0.3 is 4.74 Å². The Balaban J connectivity index is 2.35. The van der Waals surface area contributed by atoms with Gasteiger partial charge in [0.15, 0.2) is 0 Å². The molecule has 0 aliphatic rings. The highest BCUT2D eigenvalue weighted by atomic mass is 16.6. The third-order valence-corrected chi connectivity index (χ3v) is 3.04. The fourth-order valence-corrected chi connectivity index (χ4v) is 2.15. The minimum absolute atomic E-state index is 0.399. The average Bonchev–Trinajstić information content (AvgIpc) is 2.48. The molecule has 0 aliphatic carbocycles. The van der Waals surface area contributed by atoms with E-state index in [1.165, 1.54) is 0 Å². The predicted octanol–water partition coefficient (Wildman–Crippen LogP) is 4.36. The zero-order valence-corrected chi connectivity index (χ0v) is 13.0. The molecule has 2 aromatic rings. The summed E-state index contributed by atoms with van der Waals surface area (Å²) in [5.74, 6) is 0. The normalized spacial score (nSPS) is 11.3. The van der Waals surface area contributed by atoms with Crippen molar-refractivity contribution >= 4 is 6.09 Å². The van der Waals surface area contributed by atoms with Crippen LogP contribution in [0.4, 0.5) is 4.79 Å². The van der Waals surface area contributed by atoms with Crippen molar-refractivity contribution in [3.8, 4) is 0 Å². The van der Waals surface area contributed by atoms with Gasteiger partial charge in [-0.1, -0.05) is 65.9 Å². The fourth-order valence-electron chi connectivity index (χ4n) is 2.15. The lowest BCUT2D eigenvalue weighted by Gasteiger charge is -2.27. The van der Waals surface area contributed by atoms with E-state index in [4.69, 9.17) is 4.74 Å². The summed E-state index contributed by atoms with van der Waals surface area (Å²) in [6.07, 6.45) is -0.884. The first-order chi connectivity index (χ1) is 10.4. The van der Waals surface area contributed by atoms with E-state index in [-0.39, 0.29) is 0 Å². The van der Waals surface area contributed by atoms with Crippen LogP contribution in [0.25, 0.3) is 0 Å².